The molecule has 0 bridgehead atoms. The van der Waals surface area contributed by atoms with Crippen LogP contribution < -0.4 is 5.32 Å². The van der Waals surface area contributed by atoms with Crippen molar-refractivity contribution in [2.24, 2.45) is 5.92 Å². The van der Waals surface area contributed by atoms with Crippen LogP contribution >= 0.6 is 0 Å². The zero-order valence-electron chi connectivity index (χ0n) is 12.4. The van der Waals surface area contributed by atoms with Gasteiger partial charge in [0.15, 0.2) is 0 Å². The summed E-state index contributed by atoms with van der Waals surface area (Å²) in [6, 6.07) is 6.66. The molecule has 1 heterocycles. The second-order valence-corrected chi connectivity index (χ2v) is 6.59. The monoisotopic (exact) mass is 278 g/mol. The summed E-state index contributed by atoms with van der Waals surface area (Å²) in [6.45, 7) is 8.31. The fraction of sp³-hybridized carbons (Fsp3) is 0.562. The molecule has 1 aromatic carbocycles. The van der Waals surface area contributed by atoms with Gasteiger partial charge in [-0.3, -0.25) is 9.69 Å². The van der Waals surface area contributed by atoms with E-state index in [-0.39, 0.29) is 23.2 Å². The summed E-state index contributed by atoms with van der Waals surface area (Å²) in [6.07, 6.45) is 0.872. The van der Waals surface area contributed by atoms with Gasteiger partial charge < -0.3 is 5.32 Å². The molecule has 1 aliphatic heterocycles. The van der Waals surface area contributed by atoms with Gasteiger partial charge in [0, 0.05) is 18.6 Å². The van der Waals surface area contributed by atoms with Gasteiger partial charge in [0.1, 0.15) is 5.82 Å². The maximum Gasteiger partial charge on any atom is 0.224 e. The van der Waals surface area contributed by atoms with E-state index in [0.717, 1.165) is 25.1 Å². The van der Waals surface area contributed by atoms with E-state index in [1.807, 2.05) is 26.8 Å². The highest BCUT2D eigenvalue weighted by atomic mass is 19.1. The Hall–Kier alpha value is -1.42. The normalized spacial score (nSPS) is 20.1. The Morgan fingerprint density at radius 1 is 1.45 bits per heavy atom. The molecular formula is C16H23FN2O. The van der Waals surface area contributed by atoms with Crippen molar-refractivity contribution in [3.8, 4) is 0 Å². The van der Waals surface area contributed by atoms with Crippen LogP contribution in [0.5, 0.6) is 0 Å². The third kappa shape index (κ3) is 4.30. The second kappa shape index (κ2) is 5.92. The van der Waals surface area contributed by atoms with Crippen molar-refractivity contribution in [1.82, 2.24) is 10.2 Å². The average Bonchev–Trinajstić information content (AvgIpc) is 2.75. The molecule has 1 amide bonds. The Morgan fingerprint density at radius 2 is 2.20 bits per heavy atom. The largest absolute Gasteiger partial charge is 0.351 e. The summed E-state index contributed by atoms with van der Waals surface area (Å²) >= 11 is 0. The van der Waals surface area contributed by atoms with E-state index in [4.69, 9.17) is 0 Å². The third-order valence-corrected chi connectivity index (χ3v) is 3.44. The van der Waals surface area contributed by atoms with E-state index < -0.39 is 0 Å². The highest BCUT2D eigenvalue weighted by molar-refractivity contribution is 5.79. The van der Waals surface area contributed by atoms with Crippen LogP contribution in [0.1, 0.15) is 32.8 Å². The van der Waals surface area contributed by atoms with Gasteiger partial charge in [-0.25, -0.2) is 4.39 Å². The molecule has 0 aromatic heterocycles. The zero-order chi connectivity index (χ0) is 14.8. The fourth-order valence-corrected chi connectivity index (χ4v) is 2.56. The Kier molecular flexibility index (Phi) is 4.43. The number of amides is 1. The van der Waals surface area contributed by atoms with Gasteiger partial charge in [0.2, 0.25) is 5.91 Å². The number of nitrogens with one attached hydrogen (secondary N) is 1. The summed E-state index contributed by atoms with van der Waals surface area (Å²) in [7, 11) is 0. The minimum absolute atomic E-state index is 0.0442. The highest BCUT2D eigenvalue weighted by Gasteiger charge is 2.30. The quantitative estimate of drug-likeness (QED) is 0.921. The van der Waals surface area contributed by atoms with Crippen molar-refractivity contribution in [2.45, 2.75) is 39.3 Å². The SMILES string of the molecule is CC(C)(C)NC(=O)C1CCN(Cc2cccc(F)c2)C1. The van der Waals surface area contributed by atoms with Crippen molar-refractivity contribution < 1.29 is 9.18 Å². The predicted octanol–water partition coefficient (Wildman–Crippen LogP) is 2.56. The molecule has 1 aliphatic rings. The second-order valence-electron chi connectivity index (χ2n) is 6.59. The fourth-order valence-electron chi connectivity index (χ4n) is 2.56. The molecule has 0 saturated carbocycles. The van der Waals surface area contributed by atoms with Crippen molar-refractivity contribution in [3.05, 3.63) is 35.6 Å². The summed E-state index contributed by atoms with van der Waals surface area (Å²) in [5, 5.41) is 3.03. The lowest BCUT2D eigenvalue weighted by molar-refractivity contribution is -0.126. The van der Waals surface area contributed by atoms with Crippen LogP contribution in [-0.2, 0) is 11.3 Å². The molecule has 3 nitrogen and oxygen atoms in total. The maximum absolute atomic E-state index is 13.1. The number of likely N-dealkylation sites (tertiary alicyclic amines) is 1. The number of carbonyl (C=O) groups excluding carboxylic acids is 1. The van der Waals surface area contributed by atoms with Gasteiger partial charge in [0.25, 0.3) is 0 Å². The van der Waals surface area contributed by atoms with Gasteiger partial charge >= 0.3 is 0 Å². The molecule has 2 rings (SSSR count). The zero-order valence-corrected chi connectivity index (χ0v) is 12.4. The van der Waals surface area contributed by atoms with Gasteiger partial charge in [-0.05, 0) is 51.4 Å². The van der Waals surface area contributed by atoms with E-state index in [0.29, 0.717) is 6.54 Å². The summed E-state index contributed by atoms with van der Waals surface area (Å²) in [5.74, 6) is -0.0363. The average molecular weight is 278 g/mol. The Morgan fingerprint density at radius 3 is 2.85 bits per heavy atom. The summed E-state index contributed by atoms with van der Waals surface area (Å²) in [4.78, 5) is 14.3. The van der Waals surface area contributed by atoms with Crippen molar-refractivity contribution >= 4 is 5.91 Å². The maximum atomic E-state index is 13.1. The van der Waals surface area contributed by atoms with E-state index in [2.05, 4.69) is 10.2 Å². The standard InChI is InChI=1S/C16H23FN2O/c1-16(2,3)18-15(20)13-7-8-19(11-13)10-12-5-4-6-14(17)9-12/h4-6,9,13H,7-8,10-11H2,1-3H3,(H,18,20). The molecular weight excluding hydrogens is 255 g/mol. The van der Waals surface area contributed by atoms with Crippen molar-refractivity contribution in [2.75, 3.05) is 13.1 Å². The van der Waals surface area contributed by atoms with Crippen LogP contribution in [0.2, 0.25) is 0 Å². The first-order valence-electron chi connectivity index (χ1n) is 7.12. The van der Waals surface area contributed by atoms with Crippen LogP contribution in [0.3, 0.4) is 0 Å². The lowest BCUT2D eigenvalue weighted by atomic mass is 10.0. The topological polar surface area (TPSA) is 32.3 Å². The van der Waals surface area contributed by atoms with Crippen molar-refractivity contribution in [3.63, 3.8) is 0 Å². The third-order valence-electron chi connectivity index (χ3n) is 3.44. The Balaban J connectivity index is 1.88. The lowest BCUT2D eigenvalue weighted by Crippen LogP contribution is -2.44. The number of hydrogen-bond acceptors (Lipinski definition) is 2. The van der Waals surface area contributed by atoms with E-state index >= 15 is 0 Å². The molecule has 0 aliphatic carbocycles. The van der Waals surface area contributed by atoms with E-state index in [1.54, 1.807) is 12.1 Å². The lowest BCUT2D eigenvalue weighted by Gasteiger charge is -2.23. The predicted molar refractivity (Wildman–Crippen MR) is 77.7 cm³/mol. The molecule has 1 N–H and O–H groups in total. The first-order valence-corrected chi connectivity index (χ1v) is 7.12. The molecule has 20 heavy (non-hydrogen) atoms. The van der Waals surface area contributed by atoms with Crippen LogP contribution in [0, 0.1) is 11.7 Å². The van der Waals surface area contributed by atoms with Gasteiger partial charge in [-0.2, -0.15) is 0 Å². The molecule has 0 radical (unpaired) electrons. The smallest absolute Gasteiger partial charge is 0.224 e. The van der Waals surface area contributed by atoms with Crippen molar-refractivity contribution in [1.29, 1.82) is 0 Å². The van der Waals surface area contributed by atoms with Gasteiger partial charge in [-0.15, -0.1) is 0 Å². The molecule has 1 fully saturated rings. The minimum Gasteiger partial charge on any atom is -0.351 e. The van der Waals surface area contributed by atoms with Gasteiger partial charge in [-0.1, -0.05) is 12.1 Å². The first-order chi connectivity index (χ1) is 9.33. The molecule has 110 valence electrons. The number of hydrogen-bond donors (Lipinski definition) is 1. The van der Waals surface area contributed by atoms with E-state index in [9.17, 15) is 9.18 Å². The summed E-state index contributed by atoms with van der Waals surface area (Å²) < 4.78 is 13.1. The number of carbonyl (C=O) groups is 1. The number of benzene rings is 1. The van der Waals surface area contributed by atoms with Crippen LogP contribution in [0.15, 0.2) is 24.3 Å². The van der Waals surface area contributed by atoms with Crippen LogP contribution in [0.4, 0.5) is 4.39 Å². The highest BCUT2D eigenvalue weighted by Crippen LogP contribution is 2.20. The van der Waals surface area contributed by atoms with Crippen LogP contribution in [0.25, 0.3) is 0 Å². The molecule has 1 saturated heterocycles. The Labute approximate surface area is 120 Å². The Bertz CT molecular complexity index is 482. The number of rotatable bonds is 3. The minimum atomic E-state index is -0.205. The first kappa shape index (κ1) is 15.0. The molecule has 1 aromatic rings. The molecule has 4 heteroatoms. The van der Waals surface area contributed by atoms with E-state index in [1.165, 1.54) is 6.07 Å². The molecule has 1 atom stereocenters. The number of nitrogens with zero attached hydrogens (tertiary/aromatic N) is 1. The van der Waals surface area contributed by atoms with Crippen LogP contribution in [-0.4, -0.2) is 29.4 Å². The number of halogens is 1. The molecule has 1 unspecified atom stereocenters. The summed E-state index contributed by atoms with van der Waals surface area (Å²) in [5.41, 5.74) is 0.773. The molecule has 0 spiro atoms. The van der Waals surface area contributed by atoms with Gasteiger partial charge in [0.05, 0.1) is 5.92 Å².